The Balaban J connectivity index is 0.000000184. The van der Waals surface area contributed by atoms with Gasteiger partial charge >= 0.3 is 0 Å². The Labute approximate surface area is 348 Å². The van der Waals surface area contributed by atoms with Crippen molar-refractivity contribution in [2.45, 2.75) is 0 Å². The van der Waals surface area contributed by atoms with E-state index in [0.29, 0.717) is 32.6 Å². The van der Waals surface area contributed by atoms with Crippen LogP contribution in [0, 0.1) is 35.4 Å². The Bertz CT molecular complexity index is 2440. The molecule has 0 saturated carbocycles. The summed E-state index contributed by atoms with van der Waals surface area (Å²) >= 11 is 0. The van der Waals surface area contributed by atoms with Gasteiger partial charge in [-0.25, -0.2) is 4.52 Å². The molecule has 1 N–H and O–H groups in total. The normalized spacial score (nSPS) is 10.8. The van der Waals surface area contributed by atoms with Crippen LogP contribution in [-0.4, -0.2) is 14.9 Å². The first-order valence-electron chi connectivity index (χ1n) is 17.4. The van der Waals surface area contributed by atoms with Crippen LogP contribution in [0.25, 0.3) is 22.5 Å². The zero-order chi connectivity index (χ0) is 40.1. The molecule has 293 valence electrons. The fourth-order valence-corrected chi connectivity index (χ4v) is 11.6. The number of benzene rings is 6. The van der Waals surface area contributed by atoms with E-state index in [9.17, 15) is 27.0 Å². The Kier molecular flexibility index (Phi) is 15.5. The van der Waals surface area contributed by atoms with Crippen LogP contribution in [0.1, 0.15) is 0 Å². The van der Waals surface area contributed by atoms with Gasteiger partial charge in [-0.05, 0) is 47.8 Å². The summed E-state index contributed by atoms with van der Waals surface area (Å²) in [5, 5.41) is 2.57. The van der Waals surface area contributed by atoms with E-state index in [1.54, 1.807) is 48.8 Å². The molecule has 2 heterocycles. The average molecular weight is 990 g/mol. The minimum absolute atomic E-state index is 0. The minimum atomic E-state index is -3.45. The number of halogens is 4. The van der Waals surface area contributed by atoms with Gasteiger partial charge in [0.15, 0.2) is 0 Å². The molecule has 0 fully saturated rings. The standard InChI is InChI=1S/C24H21NO2P2.2C11H6F2N.Ir/c26-28(21-13-5-1-6-14-21,22-15-7-2-8-16-22)25-29(27,23-17-9-3-10-18-23)24-19-11-4-12-20-24;2*12-8-4-5-9(10(13)7-8)11-3-1-2-6-14-11;/h1-20,26H;2*1-4,6-7H;/q;2*-1;. The first kappa shape index (κ1) is 43.5. The van der Waals surface area contributed by atoms with Crippen molar-refractivity contribution in [1.82, 2.24) is 9.97 Å². The van der Waals surface area contributed by atoms with Crippen LogP contribution in [0.5, 0.6) is 0 Å². The molecule has 0 bridgehead atoms. The summed E-state index contributed by atoms with van der Waals surface area (Å²) in [5.74, 6) is -2.57. The molecule has 8 aromatic rings. The van der Waals surface area contributed by atoms with Crippen molar-refractivity contribution in [2.75, 3.05) is 0 Å². The zero-order valence-electron chi connectivity index (χ0n) is 30.4. The summed E-state index contributed by atoms with van der Waals surface area (Å²) in [4.78, 5) is 19.9. The van der Waals surface area contributed by atoms with Gasteiger partial charge in [-0.3, -0.25) is 22.1 Å². The van der Waals surface area contributed by atoms with Crippen LogP contribution in [-0.2, 0) is 24.7 Å². The molecule has 5 nitrogen and oxygen atoms in total. The number of rotatable bonds is 7. The van der Waals surface area contributed by atoms with Gasteiger partial charge in [0.05, 0.1) is 0 Å². The van der Waals surface area contributed by atoms with E-state index in [-0.39, 0.29) is 31.2 Å². The molecule has 0 amide bonds. The maximum absolute atomic E-state index is 14.5. The van der Waals surface area contributed by atoms with Crippen molar-refractivity contribution in [2.24, 2.45) is 4.52 Å². The molecular weight excluding hydrogens is 957 g/mol. The van der Waals surface area contributed by atoms with Crippen molar-refractivity contribution in [1.29, 1.82) is 0 Å². The van der Waals surface area contributed by atoms with E-state index < -0.39 is 37.8 Å². The van der Waals surface area contributed by atoms with Gasteiger partial charge < -0.3 is 14.9 Å². The van der Waals surface area contributed by atoms with E-state index in [1.807, 2.05) is 121 Å². The summed E-state index contributed by atoms with van der Waals surface area (Å²) in [7, 11) is -6.72. The van der Waals surface area contributed by atoms with Crippen molar-refractivity contribution < 1.29 is 47.1 Å². The van der Waals surface area contributed by atoms with E-state index in [1.165, 1.54) is 0 Å². The molecule has 0 aliphatic carbocycles. The summed E-state index contributed by atoms with van der Waals surface area (Å²) in [6, 6.07) is 56.2. The molecule has 12 heteroatoms. The maximum Gasteiger partial charge on any atom is 0.248 e. The van der Waals surface area contributed by atoms with Crippen molar-refractivity contribution in [3.63, 3.8) is 0 Å². The first-order chi connectivity index (χ1) is 27.7. The summed E-state index contributed by atoms with van der Waals surface area (Å²) in [5.41, 5.74) is 1.27. The molecule has 1 radical (unpaired) electrons. The van der Waals surface area contributed by atoms with E-state index in [2.05, 4.69) is 22.1 Å². The quantitative estimate of drug-likeness (QED) is 0.0981. The molecule has 0 aliphatic heterocycles. The van der Waals surface area contributed by atoms with Crippen LogP contribution in [0.4, 0.5) is 17.6 Å². The molecule has 0 unspecified atom stereocenters. The maximum atomic E-state index is 14.5. The third kappa shape index (κ3) is 10.9. The molecule has 8 rings (SSSR count). The largest absolute Gasteiger partial charge is 0.353 e. The second-order valence-corrected chi connectivity index (χ2v) is 17.3. The number of aromatic nitrogens is 2. The fourth-order valence-electron chi connectivity index (χ4n) is 5.52. The fraction of sp³-hybridized carbons (Fsp3) is 0. The third-order valence-corrected chi connectivity index (χ3v) is 14.3. The Morgan fingerprint density at radius 1 is 0.483 bits per heavy atom. The topological polar surface area (TPSA) is 75.4 Å². The van der Waals surface area contributed by atoms with E-state index in [4.69, 9.17) is 4.52 Å². The summed E-state index contributed by atoms with van der Waals surface area (Å²) < 4.78 is 70.9. The second kappa shape index (κ2) is 20.7. The molecule has 0 saturated heterocycles. The molecule has 0 atom stereocenters. The summed E-state index contributed by atoms with van der Waals surface area (Å²) in [6.07, 6.45) is 3.10. The van der Waals surface area contributed by atoms with Gasteiger partial charge in [-0.1, -0.05) is 145 Å². The minimum Gasteiger partial charge on any atom is -0.353 e. The van der Waals surface area contributed by atoms with E-state index in [0.717, 1.165) is 24.3 Å². The van der Waals surface area contributed by atoms with Gasteiger partial charge in [0.25, 0.3) is 0 Å². The third-order valence-electron chi connectivity index (χ3n) is 8.26. The predicted molar refractivity (Wildman–Crippen MR) is 220 cm³/mol. The van der Waals surface area contributed by atoms with E-state index >= 15 is 0 Å². The smallest absolute Gasteiger partial charge is 0.248 e. The second-order valence-electron chi connectivity index (χ2n) is 12.1. The Morgan fingerprint density at radius 3 is 1.12 bits per heavy atom. The molecule has 6 aromatic carbocycles. The molecule has 2 aromatic heterocycles. The van der Waals surface area contributed by atoms with Gasteiger partial charge in [0, 0.05) is 77.0 Å². The van der Waals surface area contributed by atoms with Crippen molar-refractivity contribution in [3.8, 4) is 22.5 Å². The van der Waals surface area contributed by atoms with Crippen LogP contribution < -0.4 is 21.2 Å². The molecular formula is C46H33F4IrN3O2P2-2. The van der Waals surface area contributed by atoms with Gasteiger partial charge in [-0.2, -0.15) is 0 Å². The predicted octanol–water partition coefficient (Wildman–Crippen LogP) is 10.3. The molecule has 0 aliphatic rings. The van der Waals surface area contributed by atoms with Gasteiger partial charge in [-0.15, -0.1) is 24.3 Å². The first-order valence-corrected chi connectivity index (χ1v) is 20.8. The van der Waals surface area contributed by atoms with Crippen LogP contribution in [0.2, 0.25) is 0 Å². The molecule has 0 spiro atoms. The number of nitrogens with zero attached hydrogens (tertiary/aromatic N) is 3. The van der Waals surface area contributed by atoms with Gasteiger partial charge in [0.1, 0.15) is 7.28 Å². The number of hydrogen-bond donors (Lipinski definition) is 1. The monoisotopic (exact) mass is 990 g/mol. The number of hydrogen-bond acceptors (Lipinski definition) is 3. The van der Waals surface area contributed by atoms with Crippen molar-refractivity contribution in [3.05, 3.63) is 230 Å². The average Bonchev–Trinajstić information content (AvgIpc) is 3.26. The van der Waals surface area contributed by atoms with Crippen molar-refractivity contribution >= 4 is 35.8 Å². The molecule has 58 heavy (non-hydrogen) atoms. The van der Waals surface area contributed by atoms with Crippen LogP contribution in [0.15, 0.2) is 199 Å². The van der Waals surface area contributed by atoms with Crippen LogP contribution in [0.3, 0.4) is 0 Å². The zero-order valence-corrected chi connectivity index (χ0v) is 34.6. The Morgan fingerprint density at radius 2 is 0.810 bits per heavy atom. The summed E-state index contributed by atoms with van der Waals surface area (Å²) in [6.45, 7) is 0. The SMILES string of the molecule is Fc1c[c-]c(-c2ccccn2)c(F)c1.Fc1c[c-]c(-c2ccccn2)c(F)c1.O=P(N=P(O)(c1ccccc1)c1ccccc1)(c1ccccc1)c1ccccc1.[Ir]. The van der Waals surface area contributed by atoms with Gasteiger partial charge in [0.2, 0.25) is 7.29 Å². The van der Waals surface area contributed by atoms with Crippen LogP contribution >= 0.6 is 14.6 Å². The number of pyridine rings is 2. The Hall–Kier alpha value is -5.59.